The molecule has 1 saturated heterocycles. The SMILES string of the molecule is O=C(Cc1ccccc1)N[C@H]1CCCNC1. The van der Waals surface area contributed by atoms with E-state index in [1.165, 1.54) is 0 Å². The highest BCUT2D eigenvalue weighted by Gasteiger charge is 2.14. The predicted octanol–water partition coefficient (Wildman–Crippen LogP) is 1.10. The Morgan fingerprint density at radius 2 is 2.19 bits per heavy atom. The van der Waals surface area contributed by atoms with Crippen LogP contribution in [-0.4, -0.2) is 25.0 Å². The molecule has 1 aliphatic rings. The number of carbonyl (C=O) groups excluding carboxylic acids is 1. The second-order valence-electron chi connectivity index (χ2n) is 4.27. The maximum absolute atomic E-state index is 11.7. The second-order valence-corrected chi connectivity index (χ2v) is 4.27. The van der Waals surface area contributed by atoms with Crippen LogP contribution in [0.4, 0.5) is 0 Å². The fraction of sp³-hybridized carbons (Fsp3) is 0.462. The van der Waals surface area contributed by atoms with Gasteiger partial charge in [0.2, 0.25) is 5.91 Å². The first kappa shape index (κ1) is 11.1. The van der Waals surface area contributed by atoms with Crippen molar-refractivity contribution in [3.8, 4) is 0 Å². The summed E-state index contributed by atoms with van der Waals surface area (Å²) in [6.45, 7) is 1.98. The van der Waals surface area contributed by atoms with Gasteiger partial charge >= 0.3 is 0 Å². The van der Waals surface area contributed by atoms with E-state index in [1.54, 1.807) is 0 Å². The summed E-state index contributed by atoms with van der Waals surface area (Å²) in [5, 5.41) is 6.36. The third kappa shape index (κ3) is 3.35. The molecule has 0 aliphatic carbocycles. The monoisotopic (exact) mass is 218 g/mol. The summed E-state index contributed by atoms with van der Waals surface area (Å²) in [4.78, 5) is 11.7. The van der Waals surface area contributed by atoms with Crippen LogP contribution < -0.4 is 10.6 Å². The number of carbonyl (C=O) groups is 1. The number of hydrogen-bond acceptors (Lipinski definition) is 2. The first-order valence-corrected chi connectivity index (χ1v) is 5.88. The molecule has 0 aromatic heterocycles. The molecule has 0 spiro atoms. The third-order valence-electron chi connectivity index (χ3n) is 2.87. The minimum absolute atomic E-state index is 0.125. The van der Waals surface area contributed by atoms with E-state index >= 15 is 0 Å². The Hall–Kier alpha value is -1.35. The zero-order chi connectivity index (χ0) is 11.2. The third-order valence-corrected chi connectivity index (χ3v) is 2.87. The van der Waals surface area contributed by atoms with Gasteiger partial charge in [-0.25, -0.2) is 0 Å². The second kappa shape index (κ2) is 5.66. The number of amides is 1. The van der Waals surface area contributed by atoms with Gasteiger partial charge in [-0.3, -0.25) is 4.79 Å². The lowest BCUT2D eigenvalue weighted by atomic mass is 10.1. The van der Waals surface area contributed by atoms with Gasteiger partial charge in [-0.05, 0) is 24.9 Å². The minimum atomic E-state index is 0.125. The van der Waals surface area contributed by atoms with Gasteiger partial charge in [0.25, 0.3) is 0 Å². The van der Waals surface area contributed by atoms with E-state index < -0.39 is 0 Å². The lowest BCUT2D eigenvalue weighted by Crippen LogP contribution is -2.46. The molecule has 1 aromatic carbocycles. The molecule has 0 bridgehead atoms. The Balaban J connectivity index is 1.80. The van der Waals surface area contributed by atoms with Crippen LogP contribution in [0.1, 0.15) is 18.4 Å². The molecular weight excluding hydrogens is 200 g/mol. The lowest BCUT2D eigenvalue weighted by Gasteiger charge is -2.23. The van der Waals surface area contributed by atoms with Crippen molar-refractivity contribution in [2.24, 2.45) is 0 Å². The van der Waals surface area contributed by atoms with Gasteiger partial charge in [0, 0.05) is 12.6 Å². The molecule has 1 fully saturated rings. The van der Waals surface area contributed by atoms with Gasteiger partial charge in [-0.15, -0.1) is 0 Å². The van der Waals surface area contributed by atoms with Crippen molar-refractivity contribution in [1.29, 1.82) is 0 Å². The van der Waals surface area contributed by atoms with Gasteiger partial charge < -0.3 is 10.6 Å². The number of hydrogen-bond donors (Lipinski definition) is 2. The normalized spacial score (nSPS) is 20.4. The average Bonchev–Trinajstić information content (AvgIpc) is 2.31. The summed E-state index contributed by atoms with van der Waals surface area (Å²) in [6.07, 6.45) is 2.72. The first-order valence-electron chi connectivity index (χ1n) is 5.88. The van der Waals surface area contributed by atoms with E-state index in [2.05, 4.69) is 10.6 Å². The molecule has 0 unspecified atom stereocenters. The fourth-order valence-corrected chi connectivity index (χ4v) is 2.03. The number of benzene rings is 1. The van der Waals surface area contributed by atoms with Crippen molar-refractivity contribution >= 4 is 5.91 Å². The summed E-state index contributed by atoms with van der Waals surface area (Å²) in [7, 11) is 0. The van der Waals surface area contributed by atoms with Crippen LogP contribution in [0.15, 0.2) is 30.3 Å². The molecule has 2 N–H and O–H groups in total. The maximum Gasteiger partial charge on any atom is 0.224 e. The van der Waals surface area contributed by atoms with Gasteiger partial charge in [-0.2, -0.15) is 0 Å². The molecule has 1 amide bonds. The van der Waals surface area contributed by atoms with E-state index in [1.807, 2.05) is 30.3 Å². The smallest absolute Gasteiger partial charge is 0.224 e. The van der Waals surface area contributed by atoms with E-state index in [0.29, 0.717) is 12.5 Å². The van der Waals surface area contributed by atoms with Crippen LogP contribution in [0.2, 0.25) is 0 Å². The van der Waals surface area contributed by atoms with Crippen molar-refractivity contribution < 1.29 is 4.79 Å². The fourth-order valence-electron chi connectivity index (χ4n) is 2.03. The van der Waals surface area contributed by atoms with Crippen LogP contribution >= 0.6 is 0 Å². The van der Waals surface area contributed by atoms with E-state index in [9.17, 15) is 4.79 Å². The lowest BCUT2D eigenvalue weighted by molar-refractivity contribution is -0.121. The molecule has 1 aliphatic heterocycles. The number of rotatable bonds is 3. The van der Waals surface area contributed by atoms with Crippen molar-refractivity contribution in [1.82, 2.24) is 10.6 Å². The first-order chi connectivity index (χ1) is 7.84. The van der Waals surface area contributed by atoms with Crippen molar-refractivity contribution in [2.45, 2.75) is 25.3 Å². The van der Waals surface area contributed by atoms with Crippen LogP contribution in [-0.2, 0) is 11.2 Å². The zero-order valence-electron chi connectivity index (χ0n) is 9.41. The molecule has 3 nitrogen and oxygen atoms in total. The Labute approximate surface area is 96.2 Å². The average molecular weight is 218 g/mol. The van der Waals surface area contributed by atoms with Gasteiger partial charge in [0.05, 0.1) is 6.42 Å². The zero-order valence-corrected chi connectivity index (χ0v) is 9.41. The van der Waals surface area contributed by atoms with Crippen LogP contribution in [0, 0.1) is 0 Å². The topological polar surface area (TPSA) is 41.1 Å². The molecule has 86 valence electrons. The number of nitrogens with one attached hydrogen (secondary N) is 2. The van der Waals surface area contributed by atoms with Crippen molar-refractivity contribution in [3.63, 3.8) is 0 Å². The van der Waals surface area contributed by atoms with E-state index in [-0.39, 0.29) is 5.91 Å². The quantitative estimate of drug-likeness (QED) is 0.797. The molecule has 16 heavy (non-hydrogen) atoms. The Kier molecular flexibility index (Phi) is 3.94. The molecule has 0 saturated carbocycles. The summed E-state index contributed by atoms with van der Waals surface area (Å²) >= 11 is 0. The standard InChI is InChI=1S/C13H18N2O/c16-13(9-11-5-2-1-3-6-11)15-12-7-4-8-14-10-12/h1-3,5-6,12,14H,4,7-10H2,(H,15,16)/t12-/m0/s1. The Morgan fingerprint density at radius 1 is 1.38 bits per heavy atom. The minimum Gasteiger partial charge on any atom is -0.352 e. The van der Waals surface area contributed by atoms with Crippen LogP contribution in [0.3, 0.4) is 0 Å². The molecule has 2 rings (SSSR count). The Bertz CT molecular complexity index is 331. The number of piperidine rings is 1. The summed E-state index contributed by atoms with van der Waals surface area (Å²) < 4.78 is 0. The molecule has 0 radical (unpaired) electrons. The maximum atomic E-state index is 11.7. The van der Waals surface area contributed by atoms with E-state index in [0.717, 1.165) is 31.5 Å². The molecule has 1 heterocycles. The molecule has 1 aromatic rings. The summed E-state index contributed by atoms with van der Waals surface area (Å²) in [5.41, 5.74) is 1.07. The summed E-state index contributed by atoms with van der Waals surface area (Å²) in [5.74, 6) is 0.125. The van der Waals surface area contributed by atoms with Gasteiger partial charge in [0.1, 0.15) is 0 Å². The summed E-state index contributed by atoms with van der Waals surface area (Å²) in [6, 6.07) is 10.2. The highest BCUT2D eigenvalue weighted by atomic mass is 16.1. The van der Waals surface area contributed by atoms with Crippen molar-refractivity contribution in [3.05, 3.63) is 35.9 Å². The van der Waals surface area contributed by atoms with Gasteiger partial charge in [-0.1, -0.05) is 30.3 Å². The van der Waals surface area contributed by atoms with Crippen molar-refractivity contribution in [2.75, 3.05) is 13.1 Å². The highest BCUT2D eigenvalue weighted by molar-refractivity contribution is 5.78. The molecule has 3 heteroatoms. The highest BCUT2D eigenvalue weighted by Crippen LogP contribution is 2.03. The predicted molar refractivity (Wildman–Crippen MR) is 64.2 cm³/mol. The van der Waals surface area contributed by atoms with Crippen LogP contribution in [0.25, 0.3) is 0 Å². The van der Waals surface area contributed by atoms with E-state index in [4.69, 9.17) is 0 Å². The van der Waals surface area contributed by atoms with Gasteiger partial charge in [0.15, 0.2) is 0 Å². The van der Waals surface area contributed by atoms with Crippen LogP contribution in [0.5, 0.6) is 0 Å². The molecular formula is C13H18N2O. The molecule has 1 atom stereocenters. The largest absolute Gasteiger partial charge is 0.352 e. The Morgan fingerprint density at radius 3 is 2.88 bits per heavy atom.